The Morgan fingerprint density at radius 3 is 2.63 bits per heavy atom. The molecule has 0 spiro atoms. The Hall–Kier alpha value is -2.93. The van der Waals surface area contributed by atoms with E-state index in [2.05, 4.69) is 27.4 Å². The molecular formula is C20H18N4O2S. The van der Waals surface area contributed by atoms with E-state index < -0.39 is 0 Å². The lowest BCUT2D eigenvalue weighted by Gasteiger charge is -2.12. The number of aryl methyl sites for hydroxylation is 1. The Morgan fingerprint density at radius 1 is 1.04 bits per heavy atom. The maximum Gasteiger partial charge on any atom is 0.193 e. The van der Waals surface area contributed by atoms with Crippen LogP contribution in [0.3, 0.4) is 0 Å². The van der Waals surface area contributed by atoms with Crippen LogP contribution in [0.5, 0.6) is 11.5 Å². The number of aromatic nitrogens is 4. The van der Waals surface area contributed by atoms with Crippen LogP contribution in [0.1, 0.15) is 24.3 Å². The Bertz CT molecular complexity index is 1190. The van der Waals surface area contributed by atoms with Crippen LogP contribution in [0.2, 0.25) is 0 Å². The molecule has 2 aromatic heterocycles. The molecule has 2 N–H and O–H groups in total. The average molecular weight is 378 g/mol. The van der Waals surface area contributed by atoms with Crippen LogP contribution in [-0.2, 0) is 7.05 Å². The molecule has 1 aliphatic rings. The van der Waals surface area contributed by atoms with Gasteiger partial charge in [0.25, 0.3) is 0 Å². The summed E-state index contributed by atoms with van der Waals surface area (Å²) in [6.07, 6.45) is 4.11. The highest BCUT2D eigenvalue weighted by Gasteiger charge is 2.28. The fourth-order valence-electron chi connectivity index (χ4n) is 3.59. The third-order valence-corrected chi connectivity index (χ3v) is 5.47. The Labute approximate surface area is 161 Å². The molecule has 6 nitrogen and oxygen atoms in total. The molecule has 1 saturated carbocycles. The summed E-state index contributed by atoms with van der Waals surface area (Å²) in [6.45, 7) is 0. The van der Waals surface area contributed by atoms with Crippen LogP contribution in [0, 0.1) is 0 Å². The second-order valence-corrected chi connectivity index (χ2v) is 7.43. The van der Waals surface area contributed by atoms with Gasteiger partial charge in [0, 0.05) is 30.2 Å². The Kier molecular flexibility index (Phi) is 3.48. The van der Waals surface area contributed by atoms with E-state index in [1.54, 1.807) is 4.57 Å². The van der Waals surface area contributed by atoms with Crippen molar-refractivity contribution in [2.24, 2.45) is 7.05 Å². The predicted molar refractivity (Wildman–Crippen MR) is 106 cm³/mol. The lowest BCUT2D eigenvalue weighted by molar-refractivity contribution is 0.447. The summed E-state index contributed by atoms with van der Waals surface area (Å²) in [5.41, 5.74) is 3.36. The molecule has 27 heavy (non-hydrogen) atoms. The number of aromatic hydroxyl groups is 2. The SMILES string of the molecule is Cn1ccc2cc(-n3c(S)nnc3-c3cc(C4CC4)c(O)cc3O)ccc21. The first-order chi connectivity index (χ1) is 13.0. The minimum absolute atomic E-state index is 0.0281. The number of hydrogen-bond donors (Lipinski definition) is 3. The van der Waals surface area contributed by atoms with Gasteiger partial charge in [0.15, 0.2) is 11.0 Å². The van der Waals surface area contributed by atoms with Gasteiger partial charge in [-0.1, -0.05) is 0 Å². The first kappa shape index (κ1) is 16.3. The van der Waals surface area contributed by atoms with E-state index in [1.165, 1.54) is 6.07 Å². The number of thiol groups is 1. The summed E-state index contributed by atoms with van der Waals surface area (Å²) in [4.78, 5) is 0. The number of nitrogens with zero attached hydrogens (tertiary/aromatic N) is 4. The molecule has 0 amide bonds. The summed E-state index contributed by atoms with van der Waals surface area (Å²) in [5, 5.41) is 30.5. The molecule has 0 radical (unpaired) electrons. The van der Waals surface area contributed by atoms with E-state index in [-0.39, 0.29) is 11.5 Å². The summed E-state index contributed by atoms with van der Waals surface area (Å²) in [6, 6.07) is 11.3. The van der Waals surface area contributed by atoms with Gasteiger partial charge in [-0.2, -0.15) is 0 Å². The first-order valence-corrected chi connectivity index (χ1v) is 9.24. The maximum absolute atomic E-state index is 10.5. The minimum Gasteiger partial charge on any atom is -0.508 e. The largest absolute Gasteiger partial charge is 0.508 e. The molecule has 136 valence electrons. The number of fused-ring (bicyclic) bond motifs is 1. The van der Waals surface area contributed by atoms with Crippen LogP contribution in [0.25, 0.3) is 28.0 Å². The summed E-state index contributed by atoms with van der Waals surface area (Å²) in [5.74, 6) is 0.938. The van der Waals surface area contributed by atoms with Crippen LogP contribution >= 0.6 is 12.6 Å². The van der Waals surface area contributed by atoms with E-state index in [4.69, 9.17) is 0 Å². The number of phenolic OH excluding ortho intramolecular Hbond substituents is 2. The van der Waals surface area contributed by atoms with E-state index in [9.17, 15) is 10.2 Å². The molecule has 4 aromatic rings. The normalized spacial score (nSPS) is 14.1. The van der Waals surface area contributed by atoms with Gasteiger partial charge in [-0.05, 0) is 54.7 Å². The van der Waals surface area contributed by atoms with Crippen molar-refractivity contribution in [2.75, 3.05) is 0 Å². The van der Waals surface area contributed by atoms with Gasteiger partial charge in [0.1, 0.15) is 11.5 Å². The second-order valence-electron chi connectivity index (χ2n) is 7.03. The predicted octanol–water partition coefficient (Wildman–Crippen LogP) is 4.00. The minimum atomic E-state index is -0.0281. The molecule has 2 heterocycles. The average Bonchev–Trinajstić information content (AvgIpc) is 3.32. The molecule has 0 atom stereocenters. The van der Waals surface area contributed by atoms with Crippen molar-refractivity contribution in [3.63, 3.8) is 0 Å². The van der Waals surface area contributed by atoms with Crippen molar-refractivity contribution in [2.45, 2.75) is 23.9 Å². The van der Waals surface area contributed by atoms with E-state index in [0.717, 1.165) is 35.0 Å². The van der Waals surface area contributed by atoms with Gasteiger partial charge in [0.2, 0.25) is 0 Å². The summed E-state index contributed by atoms with van der Waals surface area (Å²) < 4.78 is 3.86. The Balaban J connectivity index is 1.70. The number of phenols is 2. The fourth-order valence-corrected chi connectivity index (χ4v) is 3.85. The molecule has 0 saturated heterocycles. The highest BCUT2D eigenvalue weighted by molar-refractivity contribution is 7.80. The maximum atomic E-state index is 10.5. The fraction of sp³-hybridized carbons (Fsp3) is 0.200. The van der Waals surface area contributed by atoms with Gasteiger partial charge in [-0.25, -0.2) is 0 Å². The standard InChI is InChI=1S/C20H18N4O2S/c1-23-7-6-12-8-13(4-5-16(12)23)24-19(21-22-20(24)27)15-9-14(11-2-3-11)17(25)10-18(15)26/h4-11,25-26H,2-3H2,1H3,(H,22,27). The summed E-state index contributed by atoms with van der Waals surface area (Å²) >= 11 is 4.47. The molecule has 5 rings (SSSR count). The van der Waals surface area contributed by atoms with Crippen molar-refractivity contribution in [1.82, 2.24) is 19.3 Å². The quantitative estimate of drug-likeness (QED) is 0.471. The van der Waals surface area contributed by atoms with Crippen LogP contribution < -0.4 is 0 Å². The molecule has 1 aliphatic carbocycles. The molecule has 0 bridgehead atoms. The molecule has 0 unspecified atom stereocenters. The number of hydrogen-bond acceptors (Lipinski definition) is 5. The smallest absolute Gasteiger partial charge is 0.193 e. The van der Waals surface area contributed by atoms with E-state index >= 15 is 0 Å². The van der Waals surface area contributed by atoms with Gasteiger partial charge < -0.3 is 14.8 Å². The highest BCUT2D eigenvalue weighted by atomic mass is 32.1. The van der Waals surface area contributed by atoms with Crippen LogP contribution in [-0.4, -0.2) is 29.5 Å². The third-order valence-electron chi connectivity index (χ3n) is 5.18. The van der Waals surface area contributed by atoms with Gasteiger partial charge in [0.05, 0.1) is 11.3 Å². The number of rotatable bonds is 3. The Morgan fingerprint density at radius 2 is 1.85 bits per heavy atom. The van der Waals surface area contributed by atoms with Crippen molar-refractivity contribution < 1.29 is 10.2 Å². The number of benzene rings is 2. The van der Waals surface area contributed by atoms with Crippen molar-refractivity contribution in [3.8, 4) is 28.6 Å². The molecule has 7 heteroatoms. The van der Waals surface area contributed by atoms with Crippen LogP contribution in [0.4, 0.5) is 0 Å². The van der Waals surface area contributed by atoms with E-state index in [1.807, 2.05) is 43.6 Å². The monoisotopic (exact) mass is 378 g/mol. The van der Waals surface area contributed by atoms with Gasteiger partial charge in [-0.3, -0.25) is 4.57 Å². The van der Waals surface area contributed by atoms with Crippen molar-refractivity contribution in [3.05, 3.63) is 48.2 Å². The molecule has 0 aliphatic heterocycles. The highest BCUT2D eigenvalue weighted by Crippen LogP contribution is 2.47. The lowest BCUT2D eigenvalue weighted by Crippen LogP contribution is -1.99. The second kappa shape index (κ2) is 5.79. The topological polar surface area (TPSA) is 76.1 Å². The molecular weight excluding hydrogens is 360 g/mol. The first-order valence-electron chi connectivity index (χ1n) is 8.79. The zero-order chi connectivity index (χ0) is 18.7. The molecule has 2 aromatic carbocycles. The summed E-state index contributed by atoms with van der Waals surface area (Å²) in [7, 11) is 2.00. The molecule has 1 fully saturated rings. The third kappa shape index (κ3) is 2.57. The zero-order valence-electron chi connectivity index (χ0n) is 14.7. The van der Waals surface area contributed by atoms with Crippen molar-refractivity contribution >= 4 is 23.5 Å². The van der Waals surface area contributed by atoms with E-state index in [0.29, 0.717) is 22.5 Å². The lowest BCUT2D eigenvalue weighted by atomic mass is 10.0. The van der Waals surface area contributed by atoms with Gasteiger partial charge in [-0.15, -0.1) is 22.8 Å². The van der Waals surface area contributed by atoms with Crippen molar-refractivity contribution in [1.29, 1.82) is 0 Å². The van der Waals surface area contributed by atoms with Gasteiger partial charge >= 0.3 is 0 Å². The van der Waals surface area contributed by atoms with Crippen LogP contribution in [0.15, 0.2) is 47.8 Å². The zero-order valence-corrected chi connectivity index (χ0v) is 15.6.